The molecule has 0 bridgehead atoms. The number of hydrogen-bond acceptors (Lipinski definition) is 4. The Morgan fingerprint density at radius 1 is 1.16 bits per heavy atom. The molecule has 2 aromatic carbocycles. The molecule has 2 aromatic rings. The lowest BCUT2D eigenvalue weighted by molar-refractivity contribution is -0.121. The van der Waals surface area contributed by atoms with Crippen LogP contribution in [0.2, 0.25) is 0 Å². The van der Waals surface area contributed by atoms with Crippen molar-refractivity contribution in [2.45, 2.75) is 6.61 Å². The molecule has 1 saturated heterocycles. The van der Waals surface area contributed by atoms with Crippen molar-refractivity contribution in [3.05, 3.63) is 83.3 Å². The van der Waals surface area contributed by atoms with Crippen molar-refractivity contribution >= 4 is 40.3 Å². The fourth-order valence-corrected chi connectivity index (χ4v) is 3.65. The highest BCUT2D eigenvalue weighted by Gasteiger charge is 2.30. The zero-order chi connectivity index (χ0) is 17.6. The van der Waals surface area contributed by atoms with Crippen molar-refractivity contribution in [3.8, 4) is 5.75 Å². The number of nitrogens with zero attached hydrogens (tertiary/aromatic N) is 1. The zero-order valence-electron chi connectivity index (χ0n) is 13.6. The van der Waals surface area contributed by atoms with E-state index in [0.29, 0.717) is 22.4 Å². The third-order valence-corrected chi connectivity index (χ3v) is 4.97. The average molecular weight is 367 g/mol. The normalized spacial score (nSPS) is 15.7. The highest BCUT2D eigenvalue weighted by atomic mass is 32.2. The maximum atomic E-state index is 12.4. The lowest BCUT2D eigenvalue weighted by atomic mass is 10.2. The van der Waals surface area contributed by atoms with Crippen LogP contribution >= 0.6 is 24.0 Å². The lowest BCUT2D eigenvalue weighted by Crippen LogP contribution is -2.27. The molecule has 0 N–H and O–H groups in total. The Kier molecular flexibility index (Phi) is 5.68. The highest BCUT2D eigenvalue weighted by molar-refractivity contribution is 8.26. The molecule has 1 amide bonds. The van der Waals surface area contributed by atoms with Gasteiger partial charge >= 0.3 is 0 Å². The van der Waals surface area contributed by atoms with Gasteiger partial charge in [0, 0.05) is 6.54 Å². The predicted molar refractivity (Wildman–Crippen MR) is 107 cm³/mol. The smallest absolute Gasteiger partial charge is 0.266 e. The molecule has 0 aromatic heterocycles. The monoisotopic (exact) mass is 367 g/mol. The molecular formula is C20H17NO2S2. The Morgan fingerprint density at radius 2 is 1.96 bits per heavy atom. The Morgan fingerprint density at radius 3 is 2.72 bits per heavy atom. The molecule has 0 aliphatic carbocycles. The van der Waals surface area contributed by atoms with Crippen LogP contribution in [0.5, 0.6) is 5.75 Å². The highest BCUT2D eigenvalue weighted by Crippen LogP contribution is 2.32. The van der Waals surface area contributed by atoms with Gasteiger partial charge in [-0.15, -0.1) is 6.58 Å². The molecule has 0 atom stereocenters. The van der Waals surface area contributed by atoms with E-state index in [1.807, 2.05) is 60.7 Å². The minimum absolute atomic E-state index is 0.0782. The summed E-state index contributed by atoms with van der Waals surface area (Å²) >= 11 is 6.57. The van der Waals surface area contributed by atoms with E-state index in [-0.39, 0.29) is 5.91 Å². The first-order chi connectivity index (χ1) is 12.2. The number of carbonyl (C=O) groups excluding carboxylic acids is 1. The number of hydrogen-bond donors (Lipinski definition) is 0. The van der Waals surface area contributed by atoms with Crippen LogP contribution in [-0.4, -0.2) is 21.7 Å². The molecule has 0 unspecified atom stereocenters. The number of benzene rings is 2. The van der Waals surface area contributed by atoms with E-state index in [2.05, 4.69) is 6.58 Å². The molecular weight excluding hydrogens is 350 g/mol. The maximum absolute atomic E-state index is 12.4. The first kappa shape index (κ1) is 17.5. The van der Waals surface area contributed by atoms with E-state index >= 15 is 0 Å². The third-order valence-electron chi connectivity index (χ3n) is 3.59. The Hall–Kier alpha value is -2.37. The summed E-state index contributed by atoms with van der Waals surface area (Å²) in [5.41, 5.74) is 2.02. The van der Waals surface area contributed by atoms with Crippen molar-refractivity contribution in [3.63, 3.8) is 0 Å². The second kappa shape index (κ2) is 8.14. The number of ether oxygens (including phenoxy) is 1. The van der Waals surface area contributed by atoms with E-state index in [1.165, 1.54) is 11.8 Å². The minimum Gasteiger partial charge on any atom is -0.489 e. The number of rotatable bonds is 6. The van der Waals surface area contributed by atoms with Crippen LogP contribution in [0, 0.1) is 0 Å². The predicted octanol–water partition coefficient (Wildman–Crippen LogP) is 4.65. The molecule has 126 valence electrons. The number of amides is 1. The molecule has 0 radical (unpaired) electrons. The average Bonchev–Trinajstić information content (AvgIpc) is 2.89. The third kappa shape index (κ3) is 4.38. The van der Waals surface area contributed by atoms with Crippen molar-refractivity contribution in [2.24, 2.45) is 0 Å². The molecule has 0 spiro atoms. The Balaban J connectivity index is 1.72. The van der Waals surface area contributed by atoms with E-state index in [1.54, 1.807) is 11.0 Å². The second-order valence-electron chi connectivity index (χ2n) is 5.43. The number of thioether (sulfide) groups is 1. The standard InChI is InChI=1S/C20H17NO2S2/c1-2-11-21-19(22)18(25-20(21)24)13-16-9-6-10-17(12-16)23-14-15-7-4-3-5-8-15/h2-10,12-13H,1,11,14H2/b18-13-. The summed E-state index contributed by atoms with van der Waals surface area (Å²) in [6.45, 7) is 4.60. The van der Waals surface area contributed by atoms with Gasteiger partial charge < -0.3 is 4.74 Å². The first-order valence-electron chi connectivity index (χ1n) is 7.80. The van der Waals surface area contributed by atoms with Crippen LogP contribution in [-0.2, 0) is 11.4 Å². The van der Waals surface area contributed by atoms with Crippen molar-refractivity contribution in [1.29, 1.82) is 0 Å². The van der Waals surface area contributed by atoms with E-state index in [9.17, 15) is 4.79 Å². The summed E-state index contributed by atoms with van der Waals surface area (Å²) in [5.74, 6) is 0.685. The summed E-state index contributed by atoms with van der Waals surface area (Å²) in [7, 11) is 0. The SMILES string of the molecule is C=CCN1C(=O)/C(=C/c2cccc(OCc3ccccc3)c2)SC1=S. The maximum Gasteiger partial charge on any atom is 0.266 e. The van der Waals surface area contributed by atoms with Crippen molar-refractivity contribution in [2.75, 3.05) is 6.54 Å². The molecule has 1 heterocycles. The fourth-order valence-electron chi connectivity index (χ4n) is 2.37. The van der Waals surface area contributed by atoms with Crippen molar-refractivity contribution in [1.82, 2.24) is 4.90 Å². The molecule has 1 aliphatic rings. The molecule has 3 rings (SSSR count). The lowest BCUT2D eigenvalue weighted by Gasteiger charge is -2.10. The molecule has 3 nitrogen and oxygen atoms in total. The van der Waals surface area contributed by atoms with Gasteiger partial charge in [-0.1, -0.05) is 72.5 Å². The van der Waals surface area contributed by atoms with Gasteiger partial charge in [0.1, 0.15) is 16.7 Å². The molecule has 1 fully saturated rings. The largest absolute Gasteiger partial charge is 0.489 e. The van der Waals surface area contributed by atoms with Gasteiger partial charge in [0.15, 0.2) is 0 Å². The van der Waals surface area contributed by atoms with Crippen LogP contribution in [0.4, 0.5) is 0 Å². The van der Waals surface area contributed by atoms with Gasteiger partial charge in [-0.3, -0.25) is 9.69 Å². The number of thiocarbonyl (C=S) groups is 1. The number of carbonyl (C=O) groups is 1. The molecule has 5 heteroatoms. The molecule has 0 saturated carbocycles. The fraction of sp³-hybridized carbons (Fsp3) is 0.100. The van der Waals surface area contributed by atoms with Gasteiger partial charge in [0.25, 0.3) is 5.91 Å². The minimum atomic E-state index is -0.0782. The first-order valence-corrected chi connectivity index (χ1v) is 9.03. The summed E-state index contributed by atoms with van der Waals surface area (Å²) < 4.78 is 6.40. The van der Waals surface area contributed by atoms with Gasteiger partial charge in [-0.25, -0.2) is 0 Å². The van der Waals surface area contributed by atoms with Gasteiger partial charge in [-0.2, -0.15) is 0 Å². The van der Waals surface area contributed by atoms with Crippen LogP contribution in [0.3, 0.4) is 0 Å². The van der Waals surface area contributed by atoms with E-state index in [4.69, 9.17) is 17.0 Å². The summed E-state index contributed by atoms with van der Waals surface area (Å²) in [6.07, 6.45) is 3.52. The van der Waals surface area contributed by atoms with E-state index in [0.717, 1.165) is 16.9 Å². The quantitative estimate of drug-likeness (QED) is 0.422. The van der Waals surface area contributed by atoms with Gasteiger partial charge in [0.2, 0.25) is 0 Å². The Bertz CT molecular complexity index is 831. The van der Waals surface area contributed by atoms with Gasteiger partial charge in [-0.05, 0) is 29.3 Å². The zero-order valence-corrected chi connectivity index (χ0v) is 15.2. The summed E-state index contributed by atoms with van der Waals surface area (Å²) in [5, 5.41) is 0. The summed E-state index contributed by atoms with van der Waals surface area (Å²) in [4.78, 5) is 14.5. The van der Waals surface area contributed by atoms with E-state index < -0.39 is 0 Å². The van der Waals surface area contributed by atoms with Crippen molar-refractivity contribution < 1.29 is 9.53 Å². The Labute approximate surface area is 157 Å². The summed E-state index contributed by atoms with van der Waals surface area (Å²) in [6, 6.07) is 17.7. The second-order valence-corrected chi connectivity index (χ2v) is 7.10. The van der Waals surface area contributed by atoms with Crippen LogP contribution in [0.15, 0.2) is 72.2 Å². The molecule has 1 aliphatic heterocycles. The molecule has 25 heavy (non-hydrogen) atoms. The van der Waals surface area contributed by atoms with Crippen LogP contribution in [0.25, 0.3) is 6.08 Å². The van der Waals surface area contributed by atoms with Gasteiger partial charge in [0.05, 0.1) is 4.91 Å². The topological polar surface area (TPSA) is 29.5 Å². The van der Waals surface area contributed by atoms with Crippen LogP contribution < -0.4 is 4.74 Å². The van der Waals surface area contributed by atoms with Crippen LogP contribution in [0.1, 0.15) is 11.1 Å².